The van der Waals surface area contributed by atoms with E-state index in [9.17, 15) is 36.3 Å². The number of halogens is 1. The summed E-state index contributed by atoms with van der Waals surface area (Å²) >= 11 is 5.81. The van der Waals surface area contributed by atoms with Crippen molar-refractivity contribution in [3.8, 4) is 0 Å². The first-order chi connectivity index (χ1) is 21.0. The number of pyridine rings is 1. The number of hydrogen-bond donors (Lipinski definition) is 4. The van der Waals surface area contributed by atoms with Crippen LogP contribution < -0.4 is 15.4 Å². The van der Waals surface area contributed by atoms with Gasteiger partial charge >= 0.3 is 5.97 Å². The second-order valence-corrected chi connectivity index (χ2v) is 15.2. The molecule has 0 aliphatic rings. The summed E-state index contributed by atoms with van der Waals surface area (Å²) in [5, 5.41) is 15.1. The molecule has 0 aliphatic heterocycles. The Balaban J connectivity index is 1.93. The van der Waals surface area contributed by atoms with E-state index in [0.717, 1.165) is 23.3 Å². The van der Waals surface area contributed by atoms with Gasteiger partial charge in [0.1, 0.15) is 16.4 Å². The lowest BCUT2D eigenvalue weighted by Crippen LogP contribution is -2.57. The van der Waals surface area contributed by atoms with Crippen molar-refractivity contribution in [3.05, 3.63) is 82.4 Å². The third-order valence-corrected chi connectivity index (χ3v) is 9.97. The van der Waals surface area contributed by atoms with Crippen LogP contribution >= 0.6 is 11.6 Å². The number of aliphatic carboxylic acids is 1. The lowest BCUT2D eigenvalue weighted by Gasteiger charge is -2.26. The van der Waals surface area contributed by atoms with Gasteiger partial charge in [0, 0.05) is 23.8 Å². The van der Waals surface area contributed by atoms with E-state index in [1.165, 1.54) is 12.1 Å². The maximum absolute atomic E-state index is 13.7. The molecule has 0 saturated carbocycles. The number of benzene rings is 2. The highest BCUT2D eigenvalue weighted by atomic mass is 35.5. The number of nitrogens with one attached hydrogen (secondary N) is 3. The molecule has 1 unspecified atom stereocenters. The molecule has 3 atom stereocenters. The Labute approximate surface area is 267 Å². The first-order valence-corrected chi connectivity index (χ1v) is 17.5. The Morgan fingerprint density at radius 2 is 1.58 bits per heavy atom. The molecule has 0 radical (unpaired) electrons. The van der Waals surface area contributed by atoms with Gasteiger partial charge in [-0.1, -0.05) is 67.4 Å². The molecule has 15 heteroatoms. The SMILES string of the molecule is Cc1ccc(S(=O)(=O)N[C@@H](Cc2ccc3ccccc3n2)C(=O)N[C@H](C(=O)NC(/C=C(\Cl)S(C)(=O)=O)CC(=O)O)C(C)C)cc1. The Bertz CT molecular complexity index is 1810. The molecule has 12 nitrogen and oxygen atoms in total. The van der Waals surface area contributed by atoms with Crippen molar-refractivity contribution >= 4 is 60.1 Å². The van der Waals surface area contributed by atoms with Crippen molar-refractivity contribution < 1.29 is 36.3 Å². The van der Waals surface area contributed by atoms with Crippen LogP contribution in [0.2, 0.25) is 0 Å². The highest BCUT2D eigenvalue weighted by molar-refractivity contribution is 7.96. The minimum absolute atomic E-state index is 0.0680. The molecule has 4 N–H and O–H groups in total. The summed E-state index contributed by atoms with van der Waals surface area (Å²) in [7, 11) is -8.09. The zero-order valence-electron chi connectivity index (χ0n) is 25.0. The normalized spacial score (nSPS) is 14.5. The summed E-state index contributed by atoms with van der Waals surface area (Å²) in [5.41, 5.74) is 1.89. The van der Waals surface area contributed by atoms with E-state index in [-0.39, 0.29) is 11.3 Å². The van der Waals surface area contributed by atoms with Crippen LogP contribution in [0.15, 0.2) is 76.0 Å². The predicted octanol–water partition coefficient (Wildman–Crippen LogP) is 2.66. The average molecular weight is 679 g/mol. The number of aromatic nitrogens is 1. The fourth-order valence-corrected chi connectivity index (χ4v) is 6.03. The molecule has 242 valence electrons. The van der Waals surface area contributed by atoms with Crippen molar-refractivity contribution in [1.29, 1.82) is 0 Å². The van der Waals surface area contributed by atoms with Crippen LogP contribution in [0.3, 0.4) is 0 Å². The van der Waals surface area contributed by atoms with Gasteiger partial charge in [-0.25, -0.2) is 16.8 Å². The zero-order chi connectivity index (χ0) is 33.5. The van der Waals surface area contributed by atoms with E-state index in [0.29, 0.717) is 11.2 Å². The van der Waals surface area contributed by atoms with Crippen molar-refractivity contribution in [2.45, 2.75) is 56.6 Å². The summed E-state index contributed by atoms with van der Waals surface area (Å²) in [5.74, 6) is -3.56. The first-order valence-electron chi connectivity index (χ1n) is 13.8. The summed E-state index contributed by atoms with van der Waals surface area (Å²) < 4.78 is 52.0. The summed E-state index contributed by atoms with van der Waals surface area (Å²) in [4.78, 5) is 42.9. The molecule has 3 aromatic rings. The number of aryl methyl sites for hydroxylation is 1. The van der Waals surface area contributed by atoms with E-state index in [1.807, 2.05) is 12.1 Å². The maximum Gasteiger partial charge on any atom is 0.305 e. The van der Waals surface area contributed by atoms with E-state index >= 15 is 0 Å². The molecule has 0 aliphatic carbocycles. The lowest BCUT2D eigenvalue weighted by atomic mass is 10.0. The van der Waals surface area contributed by atoms with Crippen molar-refractivity contribution in [2.24, 2.45) is 5.92 Å². The second kappa shape index (κ2) is 15.0. The molecule has 0 bridgehead atoms. The van der Waals surface area contributed by atoms with Gasteiger partial charge in [0.25, 0.3) is 0 Å². The molecular formula is C30H35ClN4O8S2. The fraction of sp³-hybridized carbons (Fsp3) is 0.333. The summed E-state index contributed by atoms with van der Waals surface area (Å²) in [6.45, 7) is 5.04. The number of carboxylic acid groups (broad SMARTS) is 1. The Hall–Kier alpha value is -3.85. The Kier molecular flexibility index (Phi) is 11.8. The molecule has 3 rings (SSSR count). The molecule has 1 heterocycles. The monoisotopic (exact) mass is 678 g/mol. The topological polar surface area (TPSA) is 189 Å². The van der Waals surface area contributed by atoms with Gasteiger partial charge in [-0.05, 0) is 43.2 Å². The molecular weight excluding hydrogens is 644 g/mol. The smallest absolute Gasteiger partial charge is 0.305 e. The fourth-order valence-electron chi connectivity index (χ4n) is 4.27. The number of nitrogens with zero attached hydrogens (tertiary/aromatic N) is 1. The molecule has 2 aromatic carbocycles. The Morgan fingerprint density at radius 1 is 0.933 bits per heavy atom. The number of carboxylic acids is 1. The molecule has 0 saturated heterocycles. The van der Waals surface area contributed by atoms with E-state index < -0.39 is 72.5 Å². The van der Waals surface area contributed by atoms with Crippen LogP contribution in [-0.2, 0) is 40.7 Å². The number of carbonyl (C=O) groups is 3. The summed E-state index contributed by atoms with van der Waals surface area (Å²) in [6, 6.07) is 12.8. The average Bonchev–Trinajstić information content (AvgIpc) is 2.94. The van der Waals surface area contributed by atoms with Gasteiger partial charge < -0.3 is 15.7 Å². The van der Waals surface area contributed by atoms with Crippen LogP contribution in [0.1, 0.15) is 31.5 Å². The lowest BCUT2D eigenvalue weighted by molar-refractivity contribution is -0.137. The minimum atomic E-state index is -4.20. The predicted molar refractivity (Wildman–Crippen MR) is 170 cm³/mol. The van der Waals surface area contributed by atoms with Gasteiger partial charge in [-0.2, -0.15) is 4.72 Å². The van der Waals surface area contributed by atoms with Crippen LogP contribution in [0.4, 0.5) is 0 Å². The number of sulfonamides is 1. The Morgan fingerprint density at radius 3 is 2.18 bits per heavy atom. The minimum Gasteiger partial charge on any atom is -0.481 e. The molecule has 0 fully saturated rings. The number of sulfone groups is 1. The number of hydrogen-bond acceptors (Lipinski definition) is 8. The van der Waals surface area contributed by atoms with Gasteiger partial charge in [-0.15, -0.1) is 0 Å². The molecule has 45 heavy (non-hydrogen) atoms. The second-order valence-electron chi connectivity index (χ2n) is 10.9. The number of rotatable bonds is 14. The first kappa shape index (κ1) is 35.6. The van der Waals surface area contributed by atoms with E-state index in [2.05, 4.69) is 20.3 Å². The van der Waals surface area contributed by atoms with Crippen molar-refractivity contribution in [3.63, 3.8) is 0 Å². The number of amides is 2. The van der Waals surface area contributed by atoms with Gasteiger partial charge in [0.15, 0.2) is 9.84 Å². The van der Waals surface area contributed by atoms with E-state index in [1.54, 1.807) is 57.2 Å². The quantitative estimate of drug-likeness (QED) is 0.199. The molecule has 0 spiro atoms. The van der Waals surface area contributed by atoms with Crippen molar-refractivity contribution in [2.75, 3.05) is 6.26 Å². The largest absolute Gasteiger partial charge is 0.481 e. The highest BCUT2D eigenvalue weighted by Crippen LogP contribution is 2.17. The summed E-state index contributed by atoms with van der Waals surface area (Å²) in [6.07, 6.45) is 0.863. The third kappa shape index (κ3) is 10.3. The van der Waals surface area contributed by atoms with Gasteiger partial charge in [0.2, 0.25) is 21.8 Å². The van der Waals surface area contributed by atoms with Crippen LogP contribution in [-0.4, -0.2) is 69.1 Å². The molecule has 1 aromatic heterocycles. The van der Waals surface area contributed by atoms with Gasteiger partial charge in [-0.3, -0.25) is 19.4 Å². The standard InChI is InChI=1S/C30H35ClN4O8S2/c1-18(2)28(30(39)33-22(17-27(36)37)16-26(31)44(4,40)41)34-29(38)25(35-45(42,43)23-13-9-19(3)10-14-23)15-21-12-11-20-7-5-6-8-24(20)32-21/h5-14,16,18,22,25,28,35H,15,17H2,1-4H3,(H,33,39)(H,34,38)(H,36,37)/b26-16+/t22?,25-,28-/m0/s1. The maximum atomic E-state index is 13.7. The number of carbonyl (C=O) groups excluding carboxylic acids is 2. The molecule has 2 amide bonds. The zero-order valence-corrected chi connectivity index (χ0v) is 27.4. The highest BCUT2D eigenvalue weighted by Gasteiger charge is 2.32. The van der Waals surface area contributed by atoms with Crippen LogP contribution in [0.25, 0.3) is 10.9 Å². The van der Waals surface area contributed by atoms with E-state index in [4.69, 9.17) is 11.6 Å². The third-order valence-electron chi connectivity index (χ3n) is 6.67. The number of fused-ring (bicyclic) bond motifs is 1. The number of para-hydroxylation sites is 1. The van der Waals surface area contributed by atoms with Crippen LogP contribution in [0, 0.1) is 12.8 Å². The van der Waals surface area contributed by atoms with Crippen LogP contribution in [0.5, 0.6) is 0 Å². The van der Waals surface area contributed by atoms with Gasteiger partial charge in [0.05, 0.1) is 22.9 Å². The van der Waals surface area contributed by atoms with Crippen molar-refractivity contribution in [1.82, 2.24) is 20.3 Å².